The second-order valence-electron chi connectivity index (χ2n) is 10.1. The Kier molecular flexibility index (Phi) is 7.25. The van der Waals surface area contributed by atoms with Crippen LogP contribution in [0.5, 0.6) is 0 Å². The molecule has 0 spiro atoms. The average Bonchev–Trinajstić information content (AvgIpc) is 3.09. The van der Waals surface area contributed by atoms with Gasteiger partial charge in [0.2, 0.25) is 11.8 Å². The summed E-state index contributed by atoms with van der Waals surface area (Å²) in [7, 11) is 1.41. The number of rotatable bonds is 4. The summed E-state index contributed by atoms with van der Waals surface area (Å²) in [4.78, 5) is 55.7. The number of amides is 2. The smallest absolute Gasteiger partial charge is 0.331 e. The fraction of sp³-hybridized carbons (Fsp3) is 0.379. The van der Waals surface area contributed by atoms with Crippen LogP contribution in [0, 0.1) is 6.92 Å². The van der Waals surface area contributed by atoms with Crippen molar-refractivity contribution in [1.29, 1.82) is 0 Å². The second-order valence-corrected chi connectivity index (χ2v) is 10.5. The zero-order valence-corrected chi connectivity index (χ0v) is 22.4. The van der Waals surface area contributed by atoms with Crippen LogP contribution in [0.1, 0.15) is 29.5 Å². The van der Waals surface area contributed by atoms with Crippen molar-refractivity contribution >= 4 is 23.4 Å². The normalized spacial score (nSPS) is 16.3. The summed E-state index contributed by atoms with van der Waals surface area (Å²) in [6.45, 7) is 3.37. The van der Waals surface area contributed by atoms with E-state index in [1.165, 1.54) is 23.4 Å². The quantitative estimate of drug-likeness (QED) is 0.515. The fourth-order valence-electron chi connectivity index (χ4n) is 5.59. The molecule has 2 aliphatic rings. The van der Waals surface area contributed by atoms with Crippen LogP contribution in [0.2, 0.25) is 5.02 Å². The van der Waals surface area contributed by atoms with Gasteiger partial charge in [0.25, 0.3) is 5.56 Å². The van der Waals surface area contributed by atoms with Gasteiger partial charge in [-0.3, -0.25) is 23.5 Å². The predicted octanol–water partition coefficient (Wildman–Crippen LogP) is 2.79. The molecule has 2 aromatic carbocycles. The maximum Gasteiger partial charge on any atom is 0.331 e. The summed E-state index contributed by atoms with van der Waals surface area (Å²) in [6.07, 6.45) is 4.11. The maximum absolute atomic E-state index is 13.2. The van der Waals surface area contributed by atoms with Gasteiger partial charge in [-0.15, -0.1) is 0 Å². The van der Waals surface area contributed by atoms with Crippen molar-refractivity contribution in [2.24, 2.45) is 7.05 Å². The van der Waals surface area contributed by atoms with E-state index in [1.54, 1.807) is 23.1 Å². The molecule has 0 saturated carbocycles. The first kappa shape index (κ1) is 26.0. The van der Waals surface area contributed by atoms with Crippen LogP contribution in [0.3, 0.4) is 0 Å². The Morgan fingerprint density at radius 3 is 2.39 bits per heavy atom. The second kappa shape index (κ2) is 10.6. The van der Waals surface area contributed by atoms with Crippen LogP contribution in [-0.4, -0.2) is 56.4 Å². The van der Waals surface area contributed by atoms with E-state index in [0.717, 1.165) is 22.1 Å². The zero-order chi connectivity index (χ0) is 27.0. The first-order valence-corrected chi connectivity index (χ1v) is 13.3. The van der Waals surface area contributed by atoms with Crippen molar-refractivity contribution in [1.82, 2.24) is 18.9 Å². The van der Waals surface area contributed by atoms with Gasteiger partial charge in [0.15, 0.2) is 0 Å². The lowest BCUT2D eigenvalue weighted by atomic mass is 10.0. The Labute approximate surface area is 226 Å². The molecule has 2 aliphatic heterocycles. The molecule has 0 aliphatic carbocycles. The van der Waals surface area contributed by atoms with Crippen LogP contribution in [0.15, 0.2) is 58.3 Å². The number of likely N-dealkylation sites (tertiary alicyclic amines) is 1. The Balaban J connectivity index is 1.28. The number of hydrogen-bond acceptors (Lipinski definition) is 4. The summed E-state index contributed by atoms with van der Waals surface area (Å²) in [5.41, 5.74) is 3.03. The van der Waals surface area contributed by atoms with Crippen molar-refractivity contribution in [2.45, 2.75) is 45.2 Å². The highest BCUT2D eigenvalue weighted by Gasteiger charge is 2.31. The third-order valence-corrected chi connectivity index (χ3v) is 8.29. The molecule has 2 amide bonds. The molecule has 198 valence electrons. The molecule has 1 saturated heterocycles. The molecule has 0 unspecified atom stereocenters. The van der Waals surface area contributed by atoms with Crippen LogP contribution in [-0.2, 0) is 36.0 Å². The van der Waals surface area contributed by atoms with Gasteiger partial charge in [0, 0.05) is 43.9 Å². The number of carbonyl (C=O) groups is 2. The van der Waals surface area contributed by atoms with E-state index in [0.29, 0.717) is 55.0 Å². The van der Waals surface area contributed by atoms with Crippen molar-refractivity contribution in [3.63, 3.8) is 0 Å². The third-order valence-electron chi connectivity index (χ3n) is 7.88. The minimum atomic E-state index is -0.545. The van der Waals surface area contributed by atoms with Crippen molar-refractivity contribution in [3.8, 4) is 11.1 Å². The first-order valence-electron chi connectivity index (χ1n) is 12.9. The number of fused-ring (bicyclic) bond motifs is 1. The fourth-order valence-corrected chi connectivity index (χ4v) is 5.76. The Bertz CT molecular complexity index is 1520. The maximum atomic E-state index is 13.2. The zero-order valence-electron chi connectivity index (χ0n) is 21.7. The van der Waals surface area contributed by atoms with Crippen molar-refractivity contribution in [3.05, 3.63) is 91.2 Å². The van der Waals surface area contributed by atoms with Gasteiger partial charge in [0.05, 0.1) is 12.0 Å². The molecule has 0 radical (unpaired) electrons. The molecule has 3 heterocycles. The van der Waals surface area contributed by atoms with Crippen LogP contribution in [0.25, 0.3) is 11.1 Å². The van der Waals surface area contributed by atoms with E-state index in [1.807, 2.05) is 30.0 Å². The van der Waals surface area contributed by atoms with E-state index in [2.05, 4.69) is 6.07 Å². The van der Waals surface area contributed by atoms with E-state index < -0.39 is 11.2 Å². The third kappa shape index (κ3) is 4.92. The molecule has 0 atom stereocenters. The number of benzene rings is 2. The van der Waals surface area contributed by atoms with Crippen molar-refractivity contribution in [2.75, 3.05) is 19.6 Å². The van der Waals surface area contributed by atoms with Crippen LogP contribution in [0.4, 0.5) is 0 Å². The summed E-state index contributed by atoms with van der Waals surface area (Å²) >= 11 is 6.26. The van der Waals surface area contributed by atoms with Gasteiger partial charge in [0.1, 0.15) is 6.54 Å². The molecule has 8 nitrogen and oxygen atoms in total. The minimum Gasteiger partial charge on any atom is -0.341 e. The molecule has 38 heavy (non-hydrogen) atoms. The molecule has 3 aromatic rings. The highest BCUT2D eigenvalue weighted by molar-refractivity contribution is 6.31. The lowest BCUT2D eigenvalue weighted by molar-refractivity contribution is -0.136. The van der Waals surface area contributed by atoms with Crippen molar-refractivity contribution < 1.29 is 9.59 Å². The lowest BCUT2D eigenvalue weighted by Crippen LogP contribution is -2.50. The SMILES string of the molecule is Cc1c(Cl)cccc1-c1cn(CC(=O)N2CCC(N3CCc4ccccc4CC3=O)CC2)c(=O)n(C)c1=O. The van der Waals surface area contributed by atoms with Gasteiger partial charge < -0.3 is 9.80 Å². The topological polar surface area (TPSA) is 84.6 Å². The monoisotopic (exact) mass is 534 g/mol. The number of halogens is 1. The summed E-state index contributed by atoms with van der Waals surface area (Å²) in [6, 6.07) is 13.5. The van der Waals surface area contributed by atoms with Crippen LogP contribution >= 0.6 is 11.6 Å². The van der Waals surface area contributed by atoms with E-state index in [9.17, 15) is 19.2 Å². The van der Waals surface area contributed by atoms with Crippen LogP contribution < -0.4 is 11.2 Å². The highest BCUT2D eigenvalue weighted by Crippen LogP contribution is 2.26. The van der Waals surface area contributed by atoms with E-state index in [-0.39, 0.29) is 24.4 Å². The number of carbonyl (C=O) groups excluding carboxylic acids is 2. The Hall–Kier alpha value is -3.65. The molecule has 9 heteroatoms. The largest absolute Gasteiger partial charge is 0.341 e. The summed E-state index contributed by atoms with van der Waals surface area (Å²) < 4.78 is 2.32. The predicted molar refractivity (Wildman–Crippen MR) is 146 cm³/mol. The van der Waals surface area contributed by atoms with Gasteiger partial charge in [-0.25, -0.2) is 4.79 Å². The minimum absolute atomic E-state index is 0.0959. The van der Waals surface area contributed by atoms with E-state index in [4.69, 9.17) is 11.6 Å². The average molecular weight is 535 g/mol. The molecule has 1 aromatic heterocycles. The van der Waals surface area contributed by atoms with Gasteiger partial charge in [-0.1, -0.05) is 48.0 Å². The summed E-state index contributed by atoms with van der Waals surface area (Å²) in [5, 5.41) is 0.521. The standard InChI is InChI=1S/C29H31ClN4O4/c1-19-23(8-5-9-25(19)30)24-17-33(29(38)31(2)28(24)37)18-27(36)32-13-11-22(12-14-32)34-15-10-20-6-3-4-7-21(20)16-26(34)35/h3-9,17,22H,10-16,18H2,1-2H3. The molecule has 5 rings (SSSR count). The number of nitrogens with zero attached hydrogens (tertiary/aromatic N) is 4. The first-order chi connectivity index (χ1) is 18.2. The molecule has 0 bridgehead atoms. The van der Waals surface area contributed by atoms with E-state index >= 15 is 0 Å². The summed E-state index contributed by atoms with van der Waals surface area (Å²) in [5.74, 6) is -0.0483. The highest BCUT2D eigenvalue weighted by atomic mass is 35.5. The lowest BCUT2D eigenvalue weighted by Gasteiger charge is -2.38. The van der Waals surface area contributed by atoms with Gasteiger partial charge >= 0.3 is 5.69 Å². The molecular formula is C29H31ClN4O4. The number of hydrogen-bond donors (Lipinski definition) is 0. The Morgan fingerprint density at radius 1 is 0.947 bits per heavy atom. The molecular weight excluding hydrogens is 504 g/mol. The Morgan fingerprint density at radius 2 is 1.66 bits per heavy atom. The molecule has 0 N–H and O–H groups in total. The number of piperidine rings is 1. The van der Waals surface area contributed by atoms with Gasteiger partial charge in [-0.05, 0) is 54.5 Å². The number of aromatic nitrogens is 2. The molecule has 1 fully saturated rings. The van der Waals surface area contributed by atoms with Gasteiger partial charge in [-0.2, -0.15) is 0 Å².